The van der Waals surface area contributed by atoms with Crippen molar-refractivity contribution < 1.29 is 14.4 Å². The first-order valence-electron chi connectivity index (χ1n) is 3.72. The van der Waals surface area contributed by atoms with Crippen LogP contribution in [0.25, 0.3) is 0 Å². The topological polar surface area (TPSA) is 57.5 Å². The highest BCUT2D eigenvalue weighted by molar-refractivity contribution is 7.51. The maximum Gasteiger partial charge on any atom is 0.325 e. The minimum Gasteiger partial charge on any atom is -0.324 e. The van der Waals surface area contributed by atoms with Gasteiger partial charge in [0.05, 0.1) is 0 Å². The zero-order valence-electron chi connectivity index (χ0n) is 6.57. The molecule has 0 atom stereocenters. The second-order valence-electron chi connectivity index (χ2n) is 2.53. The van der Waals surface area contributed by atoms with Crippen LogP contribution in [0.2, 0.25) is 0 Å². The average Bonchev–Trinajstić information content (AvgIpc) is 1.85. The van der Waals surface area contributed by atoms with E-state index in [0.29, 0.717) is 6.42 Å². The molecule has 0 saturated heterocycles. The Hall–Kier alpha value is -0.110. The van der Waals surface area contributed by atoms with Gasteiger partial charge in [-0.25, -0.2) is 0 Å². The maximum absolute atomic E-state index is 10.3. The number of hydrogen-bond acceptors (Lipinski definition) is 1. The molecule has 0 unspecified atom stereocenters. The molecule has 0 aliphatic rings. The van der Waals surface area contributed by atoms with Crippen LogP contribution in [0.15, 0.2) is 12.7 Å². The molecule has 0 aliphatic heterocycles. The minimum absolute atomic E-state index is 0.0180. The first-order chi connectivity index (χ1) is 5.06. The fourth-order valence-electron chi connectivity index (χ4n) is 0.783. The van der Waals surface area contributed by atoms with Gasteiger partial charge in [-0.1, -0.05) is 12.5 Å². The van der Waals surface area contributed by atoms with Crippen LogP contribution in [-0.2, 0) is 4.57 Å². The Kier molecular flexibility index (Phi) is 5.47. The Morgan fingerprint density at radius 3 is 2.36 bits per heavy atom. The van der Waals surface area contributed by atoms with E-state index in [1.807, 2.05) is 6.08 Å². The first-order valence-corrected chi connectivity index (χ1v) is 5.51. The van der Waals surface area contributed by atoms with E-state index in [9.17, 15) is 4.57 Å². The summed E-state index contributed by atoms with van der Waals surface area (Å²) in [6.45, 7) is 3.55. The van der Waals surface area contributed by atoms with E-state index >= 15 is 0 Å². The predicted molar refractivity (Wildman–Crippen MR) is 45.6 cm³/mol. The van der Waals surface area contributed by atoms with E-state index in [1.54, 1.807) is 0 Å². The molecule has 2 N–H and O–H groups in total. The molecule has 0 spiro atoms. The lowest BCUT2D eigenvalue weighted by atomic mass is 10.2. The molecular formula is C7H15O3P. The zero-order valence-corrected chi connectivity index (χ0v) is 7.46. The third-order valence-electron chi connectivity index (χ3n) is 1.36. The second kappa shape index (κ2) is 5.53. The molecule has 0 aromatic heterocycles. The molecular weight excluding hydrogens is 163 g/mol. The molecule has 0 bridgehead atoms. The van der Waals surface area contributed by atoms with Gasteiger partial charge in [0.15, 0.2) is 0 Å². The molecule has 0 amide bonds. The summed E-state index contributed by atoms with van der Waals surface area (Å²) in [5.74, 6) is 0. The van der Waals surface area contributed by atoms with Gasteiger partial charge in [0.1, 0.15) is 0 Å². The lowest BCUT2D eigenvalue weighted by Crippen LogP contribution is -1.87. The predicted octanol–water partition coefficient (Wildman–Crippen LogP) is 1.91. The second-order valence-corrected chi connectivity index (χ2v) is 4.30. The number of rotatable bonds is 6. The molecule has 0 radical (unpaired) electrons. The molecule has 0 aromatic rings. The Morgan fingerprint density at radius 2 is 1.91 bits per heavy atom. The van der Waals surface area contributed by atoms with E-state index in [1.165, 1.54) is 0 Å². The summed E-state index contributed by atoms with van der Waals surface area (Å²) in [6.07, 6.45) is 5.22. The van der Waals surface area contributed by atoms with Crippen LogP contribution in [0.3, 0.4) is 0 Å². The molecule has 66 valence electrons. The number of unbranched alkanes of at least 4 members (excludes halogenated alkanes) is 3. The third-order valence-corrected chi connectivity index (χ3v) is 2.26. The minimum atomic E-state index is -3.74. The maximum atomic E-state index is 10.3. The van der Waals surface area contributed by atoms with Crippen molar-refractivity contribution in [2.45, 2.75) is 25.7 Å². The van der Waals surface area contributed by atoms with Crippen LogP contribution >= 0.6 is 7.60 Å². The lowest BCUT2D eigenvalue weighted by molar-refractivity contribution is 0.371. The molecule has 4 heteroatoms. The van der Waals surface area contributed by atoms with Crippen molar-refractivity contribution in [3.05, 3.63) is 12.7 Å². The Bertz CT molecular complexity index is 150. The smallest absolute Gasteiger partial charge is 0.324 e. The summed E-state index contributed by atoms with van der Waals surface area (Å²) in [5.41, 5.74) is 0. The fraction of sp³-hybridized carbons (Fsp3) is 0.714. The molecule has 0 aromatic carbocycles. The van der Waals surface area contributed by atoms with Crippen molar-refractivity contribution in [1.29, 1.82) is 0 Å². The van der Waals surface area contributed by atoms with Crippen molar-refractivity contribution in [3.63, 3.8) is 0 Å². The van der Waals surface area contributed by atoms with Gasteiger partial charge < -0.3 is 9.79 Å². The molecule has 0 saturated carbocycles. The van der Waals surface area contributed by atoms with Crippen molar-refractivity contribution in [3.8, 4) is 0 Å². The highest BCUT2D eigenvalue weighted by Crippen LogP contribution is 2.35. The first kappa shape index (κ1) is 10.9. The molecule has 0 aliphatic carbocycles. The van der Waals surface area contributed by atoms with Crippen molar-refractivity contribution in [1.82, 2.24) is 0 Å². The van der Waals surface area contributed by atoms with E-state index in [0.717, 1.165) is 19.3 Å². The van der Waals surface area contributed by atoms with E-state index < -0.39 is 7.60 Å². The summed E-state index contributed by atoms with van der Waals surface area (Å²) in [7, 11) is -3.74. The van der Waals surface area contributed by atoms with Gasteiger partial charge in [-0.05, 0) is 19.3 Å². The lowest BCUT2D eigenvalue weighted by Gasteiger charge is -2.01. The summed E-state index contributed by atoms with van der Waals surface area (Å²) in [4.78, 5) is 16.9. The average molecular weight is 178 g/mol. The summed E-state index contributed by atoms with van der Waals surface area (Å²) < 4.78 is 10.3. The van der Waals surface area contributed by atoms with Gasteiger partial charge in [0, 0.05) is 6.16 Å². The third kappa shape index (κ3) is 9.89. The van der Waals surface area contributed by atoms with E-state index in [2.05, 4.69) is 6.58 Å². The highest BCUT2D eigenvalue weighted by Gasteiger charge is 2.10. The summed E-state index contributed by atoms with van der Waals surface area (Å²) in [6, 6.07) is 0. The van der Waals surface area contributed by atoms with Crippen LogP contribution in [-0.4, -0.2) is 15.9 Å². The molecule has 3 nitrogen and oxygen atoms in total. The normalized spacial score (nSPS) is 11.5. The van der Waals surface area contributed by atoms with Crippen LogP contribution in [0.1, 0.15) is 25.7 Å². The largest absolute Gasteiger partial charge is 0.325 e. The van der Waals surface area contributed by atoms with Gasteiger partial charge in [-0.2, -0.15) is 0 Å². The van der Waals surface area contributed by atoms with Crippen molar-refractivity contribution in [2.75, 3.05) is 6.16 Å². The van der Waals surface area contributed by atoms with E-state index in [4.69, 9.17) is 9.79 Å². The number of hydrogen-bond donors (Lipinski definition) is 2. The number of allylic oxidation sites excluding steroid dienone is 1. The van der Waals surface area contributed by atoms with Gasteiger partial charge in [-0.15, -0.1) is 6.58 Å². The quantitative estimate of drug-likeness (QED) is 0.371. The molecule has 11 heavy (non-hydrogen) atoms. The van der Waals surface area contributed by atoms with Gasteiger partial charge >= 0.3 is 7.60 Å². The van der Waals surface area contributed by atoms with Gasteiger partial charge in [0.2, 0.25) is 0 Å². The SMILES string of the molecule is C=CCCCCCP(=O)(O)O. The zero-order chi connectivity index (χ0) is 8.74. The Labute approximate surface area is 67.3 Å². The Morgan fingerprint density at radius 1 is 1.27 bits per heavy atom. The van der Waals surface area contributed by atoms with Crippen LogP contribution < -0.4 is 0 Å². The van der Waals surface area contributed by atoms with Crippen LogP contribution in [0.5, 0.6) is 0 Å². The van der Waals surface area contributed by atoms with E-state index in [-0.39, 0.29) is 6.16 Å². The van der Waals surface area contributed by atoms with Crippen molar-refractivity contribution >= 4 is 7.60 Å². The van der Waals surface area contributed by atoms with Crippen LogP contribution in [0, 0.1) is 0 Å². The fourth-order valence-corrected chi connectivity index (χ4v) is 1.42. The molecule has 0 rings (SSSR count). The Balaban J connectivity index is 3.15. The molecule has 0 heterocycles. The summed E-state index contributed by atoms with van der Waals surface area (Å²) >= 11 is 0. The van der Waals surface area contributed by atoms with Gasteiger partial charge in [-0.3, -0.25) is 4.57 Å². The van der Waals surface area contributed by atoms with Crippen LogP contribution in [0.4, 0.5) is 0 Å². The van der Waals surface area contributed by atoms with Crippen molar-refractivity contribution in [2.24, 2.45) is 0 Å². The highest BCUT2D eigenvalue weighted by atomic mass is 31.2. The summed E-state index contributed by atoms with van der Waals surface area (Å²) in [5, 5.41) is 0. The molecule has 0 fully saturated rings. The standard InChI is InChI=1S/C7H15O3P/c1-2-3-4-5-6-7-11(8,9)10/h2H,1,3-7H2,(H2,8,9,10). The monoisotopic (exact) mass is 178 g/mol. The van der Waals surface area contributed by atoms with Gasteiger partial charge in [0.25, 0.3) is 0 Å².